The zero-order valence-corrected chi connectivity index (χ0v) is 15.5. The quantitative estimate of drug-likeness (QED) is 0.706. The number of carbonyl (C=O) groups excluding carboxylic acids is 1. The fourth-order valence-electron chi connectivity index (χ4n) is 2.79. The van der Waals surface area contributed by atoms with E-state index in [1.54, 1.807) is 0 Å². The van der Waals surface area contributed by atoms with Gasteiger partial charge in [-0.15, -0.1) is 0 Å². The first-order valence-electron chi connectivity index (χ1n) is 8.94. The fraction of sp³-hybridized carbons (Fsp3) is 0.333. The number of benzene rings is 2. The standard InChI is InChI=1S/C21H25N3O2/c1-15(2)12-22-21(25)13-24-18-10-6-5-9-17(18)23-20(24)14-26-19-11-7-4-8-16(19)3/h4-11,15H,12-14H2,1-3H3,(H,22,25). The van der Waals surface area contributed by atoms with Crippen molar-refractivity contribution in [1.82, 2.24) is 14.9 Å². The van der Waals surface area contributed by atoms with Crippen LogP contribution in [0, 0.1) is 12.8 Å². The van der Waals surface area contributed by atoms with E-state index >= 15 is 0 Å². The number of hydrogen-bond donors (Lipinski definition) is 1. The van der Waals surface area contributed by atoms with Crippen molar-refractivity contribution in [1.29, 1.82) is 0 Å². The van der Waals surface area contributed by atoms with Crippen LogP contribution in [-0.4, -0.2) is 22.0 Å². The third-order valence-electron chi connectivity index (χ3n) is 4.19. The minimum atomic E-state index is -0.0148. The Labute approximate surface area is 154 Å². The smallest absolute Gasteiger partial charge is 0.240 e. The molecule has 1 heterocycles. The summed E-state index contributed by atoms with van der Waals surface area (Å²) in [5, 5.41) is 2.97. The minimum absolute atomic E-state index is 0.0148. The average molecular weight is 351 g/mol. The van der Waals surface area contributed by atoms with Gasteiger partial charge in [0.15, 0.2) is 0 Å². The molecule has 0 saturated carbocycles. The molecule has 26 heavy (non-hydrogen) atoms. The first-order valence-corrected chi connectivity index (χ1v) is 8.94. The molecule has 0 aliphatic carbocycles. The molecule has 3 aromatic rings. The highest BCUT2D eigenvalue weighted by Crippen LogP contribution is 2.20. The van der Waals surface area contributed by atoms with Crippen molar-refractivity contribution in [3.05, 3.63) is 59.9 Å². The van der Waals surface area contributed by atoms with Crippen molar-refractivity contribution in [3.8, 4) is 5.75 Å². The lowest BCUT2D eigenvalue weighted by Gasteiger charge is -2.12. The number of aromatic nitrogens is 2. The number of para-hydroxylation sites is 3. The molecule has 0 saturated heterocycles. The Bertz CT molecular complexity index is 899. The average Bonchev–Trinajstić information content (AvgIpc) is 2.97. The molecule has 0 bridgehead atoms. The Morgan fingerprint density at radius 2 is 1.88 bits per heavy atom. The topological polar surface area (TPSA) is 56.2 Å². The van der Waals surface area contributed by atoms with Crippen LogP contribution in [0.2, 0.25) is 0 Å². The molecule has 136 valence electrons. The maximum Gasteiger partial charge on any atom is 0.240 e. The fourth-order valence-corrected chi connectivity index (χ4v) is 2.79. The Morgan fingerprint density at radius 1 is 1.15 bits per heavy atom. The largest absolute Gasteiger partial charge is 0.485 e. The van der Waals surface area contributed by atoms with Gasteiger partial charge in [0.1, 0.15) is 24.7 Å². The Hall–Kier alpha value is -2.82. The van der Waals surface area contributed by atoms with Gasteiger partial charge in [-0.1, -0.05) is 44.2 Å². The van der Waals surface area contributed by atoms with Gasteiger partial charge in [-0.05, 0) is 36.6 Å². The van der Waals surface area contributed by atoms with Gasteiger partial charge in [-0.2, -0.15) is 0 Å². The molecule has 0 unspecified atom stereocenters. The van der Waals surface area contributed by atoms with Crippen LogP contribution >= 0.6 is 0 Å². The van der Waals surface area contributed by atoms with Crippen LogP contribution in [-0.2, 0) is 17.9 Å². The third-order valence-corrected chi connectivity index (χ3v) is 4.19. The molecule has 1 amide bonds. The summed E-state index contributed by atoms with van der Waals surface area (Å²) < 4.78 is 7.89. The number of fused-ring (bicyclic) bond motifs is 1. The van der Waals surface area contributed by atoms with Crippen molar-refractivity contribution in [2.24, 2.45) is 5.92 Å². The maximum absolute atomic E-state index is 12.3. The molecule has 0 radical (unpaired) electrons. The molecular formula is C21H25N3O2. The van der Waals surface area contributed by atoms with Crippen LogP contribution in [0.5, 0.6) is 5.75 Å². The number of rotatable bonds is 7. The molecule has 0 spiro atoms. The van der Waals surface area contributed by atoms with E-state index in [9.17, 15) is 4.79 Å². The van der Waals surface area contributed by atoms with E-state index in [4.69, 9.17) is 4.74 Å². The van der Waals surface area contributed by atoms with Gasteiger partial charge in [0.2, 0.25) is 5.91 Å². The summed E-state index contributed by atoms with van der Waals surface area (Å²) in [5.74, 6) is 1.98. The summed E-state index contributed by atoms with van der Waals surface area (Å²) in [6.45, 7) is 7.39. The number of aryl methyl sites for hydroxylation is 1. The summed E-state index contributed by atoms with van der Waals surface area (Å²) in [4.78, 5) is 17.0. The van der Waals surface area contributed by atoms with Crippen molar-refractivity contribution in [2.45, 2.75) is 33.9 Å². The van der Waals surface area contributed by atoms with Crippen LogP contribution < -0.4 is 10.1 Å². The van der Waals surface area contributed by atoms with Crippen molar-refractivity contribution >= 4 is 16.9 Å². The predicted octanol–water partition coefficient (Wildman–Crippen LogP) is 3.70. The van der Waals surface area contributed by atoms with Gasteiger partial charge in [0, 0.05) is 6.54 Å². The van der Waals surface area contributed by atoms with E-state index in [1.165, 1.54) is 0 Å². The minimum Gasteiger partial charge on any atom is -0.485 e. The SMILES string of the molecule is Cc1ccccc1OCc1nc2ccccc2n1CC(=O)NCC(C)C. The van der Waals surface area contributed by atoms with E-state index in [0.717, 1.165) is 28.2 Å². The number of ether oxygens (including phenoxy) is 1. The van der Waals surface area contributed by atoms with Gasteiger partial charge in [0.25, 0.3) is 0 Å². The number of carbonyl (C=O) groups is 1. The highest BCUT2D eigenvalue weighted by atomic mass is 16.5. The highest BCUT2D eigenvalue weighted by molar-refractivity contribution is 5.81. The summed E-state index contributed by atoms with van der Waals surface area (Å²) >= 11 is 0. The zero-order valence-electron chi connectivity index (χ0n) is 15.5. The second-order valence-corrected chi connectivity index (χ2v) is 6.85. The normalized spacial score (nSPS) is 11.1. The molecule has 1 aromatic heterocycles. The van der Waals surface area contributed by atoms with Gasteiger partial charge in [0.05, 0.1) is 11.0 Å². The van der Waals surface area contributed by atoms with Gasteiger partial charge in [-0.3, -0.25) is 4.79 Å². The molecule has 5 heteroatoms. The van der Waals surface area contributed by atoms with Crippen LogP contribution in [0.3, 0.4) is 0 Å². The molecule has 3 rings (SSSR count). The van der Waals surface area contributed by atoms with E-state index in [2.05, 4.69) is 24.1 Å². The van der Waals surface area contributed by atoms with Crippen LogP contribution in [0.1, 0.15) is 25.2 Å². The summed E-state index contributed by atoms with van der Waals surface area (Å²) in [7, 11) is 0. The summed E-state index contributed by atoms with van der Waals surface area (Å²) in [6, 6.07) is 15.7. The molecule has 0 aliphatic rings. The van der Waals surface area contributed by atoms with Gasteiger partial charge >= 0.3 is 0 Å². The Kier molecular flexibility index (Phi) is 5.56. The molecule has 1 N–H and O–H groups in total. The van der Waals surface area contributed by atoms with Crippen LogP contribution in [0.4, 0.5) is 0 Å². The lowest BCUT2D eigenvalue weighted by atomic mass is 10.2. The molecule has 5 nitrogen and oxygen atoms in total. The predicted molar refractivity (Wildman–Crippen MR) is 103 cm³/mol. The van der Waals surface area contributed by atoms with E-state index in [1.807, 2.05) is 60.0 Å². The number of imidazole rings is 1. The number of amides is 1. The monoisotopic (exact) mass is 351 g/mol. The zero-order chi connectivity index (χ0) is 18.5. The molecule has 0 fully saturated rings. The van der Waals surface area contributed by atoms with Crippen LogP contribution in [0.25, 0.3) is 11.0 Å². The second-order valence-electron chi connectivity index (χ2n) is 6.85. The van der Waals surface area contributed by atoms with Crippen LogP contribution in [0.15, 0.2) is 48.5 Å². The highest BCUT2D eigenvalue weighted by Gasteiger charge is 2.14. The molecule has 0 aliphatic heterocycles. The van der Waals surface area contributed by atoms with Crippen molar-refractivity contribution in [2.75, 3.05) is 6.54 Å². The van der Waals surface area contributed by atoms with E-state index in [0.29, 0.717) is 19.1 Å². The van der Waals surface area contributed by atoms with Gasteiger partial charge < -0.3 is 14.6 Å². The Morgan fingerprint density at radius 3 is 2.65 bits per heavy atom. The van der Waals surface area contributed by atoms with E-state index < -0.39 is 0 Å². The first kappa shape index (κ1) is 18.0. The molecule has 2 aromatic carbocycles. The number of hydrogen-bond acceptors (Lipinski definition) is 3. The maximum atomic E-state index is 12.3. The van der Waals surface area contributed by atoms with Crippen molar-refractivity contribution < 1.29 is 9.53 Å². The summed E-state index contributed by atoms with van der Waals surface area (Å²) in [5.41, 5.74) is 2.88. The van der Waals surface area contributed by atoms with E-state index in [-0.39, 0.29) is 12.5 Å². The van der Waals surface area contributed by atoms with Gasteiger partial charge in [-0.25, -0.2) is 4.98 Å². The molecular weight excluding hydrogens is 326 g/mol. The first-order chi connectivity index (χ1) is 12.5. The molecule has 0 atom stereocenters. The lowest BCUT2D eigenvalue weighted by molar-refractivity contribution is -0.121. The Balaban J connectivity index is 1.82. The third kappa shape index (κ3) is 4.23. The number of nitrogens with one attached hydrogen (secondary N) is 1. The lowest BCUT2D eigenvalue weighted by Crippen LogP contribution is -2.31. The number of nitrogens with zero attached hydrogens (tertiary/aromatic N) is 2. The second kappa shape index (κ2) is 8.04. The summed E-state index contributed by atoms with van der Waals surface area (Å²) in [6.07, 6.45) is 0. The van der Waals surface area contributed by atoms with Crippen molar-refractivity contribution in [3.63, 3.8) is 0 Å².